The molecular weight excluding hydrogens is 248 g/mol. The Kier molecular flexibility index (Phi) is 11.3. The minimum atomic E-state index is -0.159. The van der Waals surface area contributed by atoms with Crippen LogP contribution in [0.25, 0.3) is 0 Å². The van der Waals surface area contributed by atoms with E-state index in [1.54, 1.807) is 0 Å². The van der Waals surface area contributed by atoms with E-state index in [0.29, 0.717) is 23.9 Å². The second-order valence-corrected chi connectivity index (χ2v) is 8.04. The average Bonchev–Trinajstić information content (AvgIpc) is 2.13. The van der Waals surface area contributed by atoms with Gasteiger partial charge in [0.1, 0.15) is 11.6 Å². The lowest BCUT2D eigenvalue weighted by Crippen LogP contribution is -2.24. The number of carbonyl (C=O) groups is 2. The molecule has 0 atom stereocenters. The molecule has 0 aliphatic heterocycles. The highest BCUT2D eigenvalue weighted by Gasteiger charge is 2.23. The lowest BCUT2D eigenvalue weighted by molar-refractivity contribution is -0.129. The van der Waals surface area contributed by atoms with Crippen molar-refractivity contribution in [3.05, 3.63) is 0 Å². The van der Waals surface area contributed by atoms with Gasteiger partial charge in [0.05, 0.1) is 0 Å². The van der Waals surface area contributed by atoms with Crippen molar-refractivity contribution in [3.8, 4) is 0 Å². The largest absolute Gasteiger partial charge is 0.299 e. The van der Waals surface area contributed by atoms with Crippen LogP contribution in [0.2, 0.25) is 0 Å². The number of Topliss-reactive ketones (excluding diaryl/α,β-unsaturated/α-hetero) is 2. The first-order valence-corrected chi connectivity index (χ1v) is 7.27. The minimum Gasteiger partial charge on any atom is -0.299 e. The molecule has 0 spiro atoms. The molecule has 122 valence electrons. The lowest BCUT2D eigenvalue weighted by Gasteiger charge is -2.18. The van der Waals surface area contributed by atoms with Gasteiger partial charge < -0.3 is 0 Å². The van der Waals surface area contributed by atoms with Gasteiger partial charge in [-0.15, -0.1) is 0 Å². The van der Waals surface area contributed by atoms with Gasteiger partial charge in [-0.3, -0.25) is 9.59 Å². The van der Waals surface area contributed by atoms with Crippen molar-refractivity contribution >= 4 is 11.6 Å². The fourth-order valence-corrected chi connectivity index (χ4v) is 1.54. The minimum absolute atomic E-state index is 0. The Morgan fingerprint density at radius 3 is 1.20 bits per heavy atom. The molecule has 0 amide bonds. The Hall–Kier alpha value is -0.660. The number of ketones is 2. The van der Waals surface area contributed by atoms with Gasteiger partial charge in [0.15, 0.2) is 0 Å². The molecule has 0 unspecified atom stereocenters. The Bertz CT molecular complexity index is 286. The maximum absolute atomic E-state index is 11.3. The van der Waals surface area contributed by atoms with E-state index < -0.39 is 0 Å². The fraction of sp³-hybridized carbons (Fsp3) is 0.889. The summed E-state index contributed by atoms with van der Waals surface area (Å²) >= 11 is 0. The quantitative estimate of drug-likeness (QED) is 0.682. The van der Waals surface area contributed by atoms with E-state index in [9.17, 15) is 9.59 Å². The topological polar surface area (TPSA) is 34.1 Å². The lowest BCUT2D eigenvalue weighted by atomic mass is 9.85. The van der Waals surface area contributed by atoms with Crippen molar-refractivity contribution in [2.24, 2.45) is 22.7 Å². The summed E-state index contributed by atoms with van der Waals surface area (Å²) in [7, 11) is 0. The third-order valence-corrected chi connectivity index (χ3v) is 2.69. The molecule has 0 aliphatic rings. The van der Waals surface area contributed by atoms with Crippen LogP contribution in [0, 0.1) is 22.7 Å². The predicted molar refractivity (Wildman–Crippen MR) is 89.9 cm³/mol. The standard InChI is InChI=1S/C9H18O.C8H16O.CH4/c1-7(2)6-8(10)9(3,4)5;1-6(2)7(9)8(3,4)5;/h7H,6H2,1-5H3;6H,1-5H3;1H4. The van der Waals surface area contributed by atoms with Gasteiger partial charge in [0.2, 0.25) is 0 Å². The highest BCUT2D eigenvalue weighted by atomic mass is 16.1. The van der Waals surface area contributed by atoms with Crippen molar-refractivity contribution in [1.29, 1.82) is 0 Å². The van der Waals surface area contributed by atoms with E-state index in [1.807, 2.05) is 55.4 Å². The molecule has 0 N–H and O–H groups in total. The Labute approximate surface area is 127 Å². The van der Waals surface area contributed by atoms with Crippen LogP contribution < -0.4 is 0 Å². The molecule has 0 fully saturated rings. The highest BCUT2D eigenvalue weighted by molar-refractivity contribution is 5.85. The third-order valence-electron chi connectivity index (χ3n) is 2.69. The van der Waals surface area contributed by atoms with E-state index >= 15 is 0 Å². The zero-order valence-electron chi connectivity index (χ0n) is 14.7. The maximum Gasteiger partial charge on any atom is 0.140 e. The molecule has 0 radical (unpaired) electrons. The number of carbonyl (C=O) groups excluding carboxylic acids is 2. The summed E-state index contributed by atoms with van der Waals surface area (Å²) in [6, 6.07) is 0. The predicted octanol–water partition coefficient (Wildman–Crippen LogP) is 5.54. The van der Waals surface area contributed by atoms with Gasteiger partial charge in [-0.1, -0.05) is 76.7 Å². The van der Waals surface area contributed by atoms with Crippen LogP contribution in [-0.2, 0) is 9.59 Å². The Morgan fingerprint density at radius 2 is 1.15 bits per heavy atom. The van der Waals surface area contributed by atoms with Gasteiger partial charge in [-0.25, -0.2) is 0 Å². The number of hydrogen-bond donors (Lipinski definition) is 0. The van der Waals surface area contributed by atoms with E-state index in [2.05, 4.69) is 13.8 Å². The smallest absolute Gasteiger partial charge is 0.140 e. The first kappa shape index (κ1) is 24.4. The zero-order chi connectivity index (χ0) is 16.0. The maximum atomic E-state index is 11.3. The zero-order valence-corrected chi connectivity index (χ0v) is 14.7. The van der Waals surface area contributed by atoms with Gasteiger partial charge in [-0.2, -0.15) is 0 Å². The summed E-state index contributed by atoms with van der Waals surface area (Å²) in [5, 5.41) is 0. The molecule has 0 aromatic heterocycles. The van der Waals surface area contributed by atoms with Gasteiger partial charge in [-0.05, 0) is 5.92 Å². The Balaban J connectivity index is -0.000000277. The van der Waals surface area contributed by atoms with E-state index in [-0.39, 0.29) is 24.2 Å². The average molecular weight is 286 g/mol. The van der Waals surface area contributed by atoms with Crippen LogP contribution in [0.15, 0.2) is 0 Å². The van der Waals surface area contributed by atoms with Crippen molar-refractivity contribution in [1.82, 2.24) is 0 Å². The second kappa shape index (κ2) is 9.31. The molecule has 0 heterocycles. The molecule has 0 aromatic rings. The van der Waals surface area contributed by atoms with Crippen LogP contribution >= 0.6 is 0 Å². The van der Waals surface area contributed by atoms with Gasteiger partial charge in [0, 0.05) is 23.2 Å². The molecule has 0 bridgehead atoms. The number of rotatable bonds is 3. The summed E-state index contributed by atoms with van der Waals surface area (Å²) < 4.78 is 0. The summed E-state index contributed by atoms with van der Waals surface area (Å²) in [5.41, 5.74) is -0.307. The summed E-state index contributed by atoms with van der Waals surface area (Å²) in [6.45, 7) is 19.8. The first-order chi connectivity index (χ1) is 8.19. The van der Waals surface area contributed by atoms with E-state index in [0.717, 1.165) is 0 Å². The van der Waals surface area contributed by atoms with Crippen LogP contribution in [0.5, 0.6) is 0 Å². The fourth-order valence-electron chi connectivity index (χ4n) is 1.54. The molecule has 0 aromatic carbocycles. The molecule has 20 heavy (non-hydrogen) atoms. The molecule has 2 nitrogen and oxygen atoms in total. The normalized spacial score (nSPS) is 11.6. The highest BCUT2D eigenvalue weighted by Crippen LogP contribution is 2.19. The van der Waals surface area contributed by atoms with Crippen LogP contribution in [0.3, 0.4) is 0 Å². The Morgan fingerprint density at radius 1 is 0.800 bits per heavy atom. The SMILES string of the molecule is C.CC(C)C(=O)C(C)(C)C.CC(C)CC(=O)C(C)(C)C. The van der Waals surface area contributed by atoms with Crippen LogP contribution in [-0.4, -0.2) is 11.6 Å². The summed E-state index contributed by atoms with van der Waals surface area (Å²) in [5.74, 6) is 1.36. The van der Waals surface area contributed by atoms with Crippen molar-refractivity contribution in [2.45, 2.75) is 83.1 Å². The van der Waals surface area contributed by atoms with Crippen molar-refractivity contribution in [2.75, 3.05) is 0 Å². The van der Waals surface area contributed by atoms with Crippen molar-refractivity contribution in [3.63, 3.8) is 0 Å². The van der Waals surface area contributed by atoms with Crippen molar-refractivity contribution < 1.29 is 9.59 Å². The molecule has 0 aliphatic carbocycles. The van der Waals surface area contributed by atoms with Crippen LogP contribution in [0.4, 0.5) is 0 Å². The molecular formula is C18H38O2. The van der Waals surface area contributed by atoms with E-state index in [1.165, 1.54) is 0 Å². The number of hydrogen-bond acceptors (Lipinski definition) is 2. The van der Waals surface area contributed by atoms with Crippen LogP contribution in [0.1, 0.15) is 83.1 Å². The molecule has 2 heteroatoms. The summed E-state index contributed by atoms with van der Waals surface area (Å²) in [6.07, 6.45) is 0.712. The second-order valence-electron chi connectivity index (χ2n) is 8.04. The van der Waals surface area contributed by atoms with E-state index in [4.69, 9.17) is 0 Å². The first-order valence-electron chi connectivity index (χ1n) is 7.27. The third kappa shape index (κ3) is 12.4. The van der Waals surface area contributed by atoms with Gasteiger partial charge in [0.25, 0.3) is 0 Å². The monoisotopic (exact) mass is 286 g/mol. The molecule has 0 saturated carbocycles. The molecule has 0 saturated heterocycles. The summed E-state index contributed by atoms with van der Waals surface area (Å²) in [4.78, 5) is 22.4. The van der Waals surface area contributed by atoms with Gasteiger partial charge >= 0.3 is 0 Å². The molecule has 0 rings (SSSR count).